The number of allylic oxidation sites excluding steroid dienone is 1. The molecule has 3 N–H and O–H groups in total. The SMILES string of the molecule is C=C(Nc1cncc(-c2cc3c(-c4cc5c(N6CCN(C)CC6)nccc5[nH]4)n[nH]c3cn2)c1)C(C)(C)C. The zero-order chi connectivity index (χ0) is 26.4. The van der Waals surface area contributed by atoms with Crippen molar-refractivity contribution in [3.63, 3.8) is 0 Å². The molecule has 0 saturated carbocycles. The minimum Gasteiger partial charge on any atom is -0.358 e. The topological polar surface area (TPSA) is 102 Å². The third-order valence-corrected chi connectivity index (χ3v) is 7.27. The first-order valence-electron chi connectivity index (χ1n) is 12.9. The lowest BCUT2D eigenvalue weighted by molar-refractivity contribution is 0.312. The molecule has 0 atom stereocenters. The number of H-pyrrole nitrogens is 2. The van der Waals surface area contributed by atoms with Gasteiger partial charge in [0.1, 0.15) is 11.5 Å². The average molecular weight is 508 g/mol. The second kappa shape index (κ2) is 9.25. The molecule has 9 heteroatoms. The second-order valence-electron chi connectivity index (χ2n) is 11.1. The molecule has 38 heavy (non-hydrogen) atoms. The van der Waals surface area contributed by atoms with Crippen LogP contribution >= 0.6 is 0 Å². The summed E-state index contributed by atoms with van der Waals surface area (Å²) >= 11 is 0. The van der Waals surface area contributed by atoms with Crippen LogP contribution in [0.1, 0.15) is 20.8 Å². The van der Waals surface area contributed by atoms with Gasteiger partial charge in [0, 0.05) is 66.0 Å². The molecule has 5 aromatic rings. The summed E-state index contributed by atoms with van der Waals surface area (Å²) in [5.74, 6) is 1.02. The normalized spacial score (nSPS) is 14.9. The summed E-state index contributed by atoms with van der Waals surface area (Å²) in [5.41, 5.74) is 7.24. The summed E-state index contributed by atoms with van der Waals surface area (Å²) in [4.78, 5) is 22.2. The molecule has 1 aliphatic heterocycles. The average Bonchev–Trinajstić information content (AvgIpc) is 3.52. The molecule has 0 aliphatic carbocycles. The Balaban J connectivity index is 1.35. The Morgan fingerprint density at radius 2 is 1.79 bits per heavy atom. The van der Waals surface area contributed by atoms with Crippen molar-refractivity contribution in [3.8, 4) is 22.6 Å². The standard InChI is InChI=1S/C29H33N9/c1-18(29(2,3)4)33-20-12-19(15-30-16-20)24-13-21-26(17-32-24)35-36-27(21)25-14-22-23(34-25)6-7-31-28(22)38-10-8-37(5)9-11-38/h6-7,12-17,33-34H,1,8-11H2,2-5H3,(H,35,36). The van der Waals surface area contributed by atoms with Crippen LogP contribution in [-0.2, 0) is 0 Å². The predicted molar refractivity (Wildman–Crippen MR) is 154 cm³/mol. The van der Waals surface area contributed by atoms with Crippen LogP contribution < -0.4 is 10.2 Å². The van der Waals surface area contributed by atoms with Crippen molar-refractivity contribution in [2.75, 3.05) is 43.4 Å². The molecule has 1 saturated heterocycles. The van der Waals surface area contributed by atoms with Gasteiger partial charge >= 0.3 is 0 Å². The van der Waals surface area contributed by atoms with Crippen LogP contribution in [0, 0.1) is 5.41 Å². The molecule has 194 valence electrons. The van der Waals surface area contributed by atoms with Crippen LogP contribution in [0.2, 0.25) is 0 Å². The second-order valence-corrected chi connectivity index (χ2v) is 11.1. The summed E-state index contributed by atoms with van der Waals surface area (Å²) in [6, 6.07) is 8.30. The first kappa shape index (κ1) is 24.1. The molecule has 0 bridgehead atoms. The predicted octanol–water partition coefficient (Wildman–Crippen LogP) is 5.29. The number of likely N-dealkylation sites (N-methyl/N-ethyl adjacent to an activating group) is 1. The summed E-state index contributed by atoms with van der Waals surface area (Å²) < 4.78 is 0. The van der Waals surface area contributed by atoms with Gasteiger partial charge in [0.25, 0.3) is 0 Å². The Morgan fingerprint density at radius 3 is 2.58 bits per heavy atom. The van der Waals surface area contributed by atoms with Gasteiger partial charge in [-0.2, -0.15) is 5.10 Å². The molecule has 0 spiro atoms. The van der Waals surface area contributed by atoms with Crippen LogP contribution in [0.15, 0.2) is 61.3 Å². The maximum Gasteiger partial charge on any atom is 0.138 e. The van der Waals surface area contributed by atoms with E-state index in [1.807, 2.05) is 24.7 Å². The number of nitrogens with zero attached hydrogens (tertiary/aromatic N) is 6. The third kappa shape index (κ3) is 4.50. The van der Waals surface area contributed by atoms with Crippen LogP contribution in [0.5, 0.6) is 0 Å². The smallest absolute Gasteiger partial charge is 0.138 e. The van der Waals surface area contributed by atoms with E-state index in [1.54, 1.807) is 6.20 Å². The molecule has 0 unspecified atom stereocenters. The molecule has 5 aromatic heterocycles. The Kier molecular flexibility index (Phi) is 5.87. The van der Waals surface area contributed by atoms with Crippen LogP contribution in [0.3, 0.4) is 0 Å². The fourth-order valence-corrected chi connectivity index (χ4v) is 4.73. The monoisotopic (exact) mass is 507 g/mol. The number of anilines is 2. The summed E-state index contributed by atoms with van der Waals surface area (Å²) in [5, 5.41) is 13.3. The van der Waals surface area contributed by atoms with Gasteiger partial charge in [0.2, 0.25) is 0 Å². The number of rotatable bonds is 5. The lowest BCUT2D eigenvalue weighted by atomic mass is 9.93. The number of piperazine rings is 1. The lowest BCUT2D eigenvalue weighted by Gasteiger charge is -2.33. The number of aromatic amines is 2. The Morgan fingerprint density at radius 1 is 0.974 bits per heavy atom. The highest BCUT2D eigenvalue weighted by Crippen LogP contribution is 2.34. The van der Waals surface area contributed by atoms with Gasteiger partial charge in [-0.05, 0) is 31.3 Å². The van der Waals surface area contributed by atoms with Gasteiger partial charge in [-0.15, -0.1) is 0 Å². The number of nitrogens with one attached hydrogen (secondary N) is 3. The maximum atomic E-state index is 4.74. The molecule has 1 fully saturated rings. The van der Waals surface area contributed by atoms with E-state index in [2.05, 4.69) is 92.9 Å². The Bertz CT molecular complexity index is 1630. The summed E-state index contributed by atoms with van der Waals surface area (Å²) in [6.45, 7) is 14.6. The highest BCUT2D eigenvalue weighted by molar-refractivity contribution is 5.99. The third-order valence-electron chi connectivity index (χ3n) is 7.27. The van der Waals surface area contributed by atoms with E-state index in [4.69, 9.17) is 4.98 Å². The van der Waals surface area contributed by atoms with Crippen LogP contribution in [0.25, 0.3) is 44.5 Å². The molecule has 1 aliphatic rings. The molecule has 9 nitrogen and oxygen atoms in total. The Hall–Kier alpha value is -4.24. The number of hydrogen-bond acceptors (Lipinski definition) is 7. The van der Waals surface area contributed by atoms with Crippen LogP contribution in [0.4, 0.5) is 11.5 Å². The minimum atomic E-state index is -0.0574. The van der Waals surface area contributed by atoms with Gasteiger partial charge in [-0.1, -0.05) is 27.4 Å². The lowest BCUT2D eigenvalue weighted by Crippen LogP contribution is -2.44. The van der Waals surface area contributed by atoms with Crippen molar-refractivity contribution < 1.29 is 0 Å². The maximum absolute atomic E-state index is 4.74. The van der Waals surface area contributed by atoms with Gasteiger partial charge < -0.3 is 20.1 Å². The zero-order valence-electron chi connectivity index (χ0n) is 22.3. The Labute approximate surface area is 222 Å². The fourth-order valence-electron chi connectivity index (χ4n) is 4.73. The fraction of sp³-hybridized carbons (Fsp3) is 0.310. The van der Waals surface area contributed by atoms with Gasteiger partial charge in [-0.25, -0.2) is 4.98 Å². The zero-order valence-corrected chi connectivity index (χ0v) is 22.3. The number of fused-ring (bicyclic) bond motifs is 2. The number of aromatic nitrogens is 6. The van der Waals surface area contributed by atoms with E-state index in [0.29, 0.717) is 0 Å². The molecule has 6 rings (SSSR count). The van der Waals surface area contributed by atoms with Crippen molar-refractivity contribution in [2.45, 2.75) is 20.8 Å². The van der Waals surface area contributed by atoms with Crippen molar-refractivity contribution >= 4 is 33.3 Å². The first-order chi connectivity index (χ1) is 18.3. The van der Waals surface area contributed by atoms with E-state index < -0.39 is 0 Å². The van der Waals surface area contributed by atoms with E-state index in [1.165, 1.54) is 0 Å². The molecule has 0 aromatic carbocycles. The van der Waals surface area contributed by atoms with Crippen molar-refractivity contribution in [1.29, 1.82) is 0 Å². The summed E-state index contributed by atoms with van der Waals surface area (Å²) in [7, 11) is 2.16. The number of hydrogen-bond donors (Lipinski definition) is 3. The molecular formula is C29H33N9. The molecule has 0 amide bonds. The van der Waals surface area contributed by atoms with E-state index in [9.17, 15) is 0 Å². The van der Waals surface area contributed by atoms with Crippen molar-refractivity contribution in [1.82, 2.24) is 35.0 Å². The van der Waals surface area contributed by atoms with E-state index in [0.717, 1.165) is 87.8 Å². The molecule has 6 heterocycles. The van der Waals surface area contributed by atoms with E-state index in [-0.39, 0.29) is 5.41 Å². The molecular weight excluding hydrogens is 474 g/mol. The molecule has 0 radical (unpaired) electrons. The summed E-state index contributed by atoms with van der Waals surface area (Å²) in [6.07, 6.45) is 7.34. The minimum absolute atomic E-state index is 0.0574. The quantitative estimate of drug-likeness (QED) is 0.297. The highest BCUT2D eigenvalue weighted by Gasteiger charge is 2.20. The van der Waals surface area contributed by atoms with Gasteiger partial charge in [0.15, 0.2) is 0 Å². The van der Waals surface area contributed by atoms with Gasteiger partial charge in [0.05, 0.1) is 40.5 Å². The van der Waals surface area contributed by atoms with E-state index >= 15 is 0 Å². The highest BCUT2D eigenvalue weighted by atomic mass is 15.3. The van der Waals surface area contributed by atoms with Crippen molar-refractivity contribution in [3.05, 3.63) is 61.3 Å². The van der Waals surface area contributed by atoms with Crippen molar-refractivity contribution in [2.24, 2.45) is 5.41 Å². The first-order valence-corrected chi connectivity index (χ1v) is 12.9. The van der Waals surface area contributed by atoms with Crippen LogP contribution in [-0.4, -0.2) is 68.3 Å². The largest absolute Gasteiger partial charge is 0.358 e. The van der Waals surface area contributed by atoms with Gasteiger partial charge in [-0.3, -0.25) is 15.1 Å². The number of pyridine rings is 3.